The van der Waals surface area contributed by atoms with E-state index in [9.17, 15) is 13.2 Å². The lowest BCUT2D eigenvalue weighted by Gasteiger charge is -2.09. The predicted molar refractivity (Wildman–Crippen MR) is 67.6 cm³/mol. The van der Waals surface area contributed by atoms with Crippen molar-refractivity contribution >= 4 is 27.5 Å². The Morgan fingerprint density at radius 2 is 2.44 bits per heavy atom. The molecule has 1 unspecified atom stereocenters. The third-order valence-electron chi connectivity index (χ3n) is 2.55. The zero-order valence-corrected chi connectivity index (χ0v) is 11.5. The van der Waals surface area contributed by atoms with Gasteiger partial charge in [-0.1, -0.05) is 18.7 Å². The Hall–Kier alpha value is -1.09. The second kappa shape index (κ2) is 5.27. The van der Waals surface area contributed by atoms with Crippen LogP contribution in [0.3, 0.4) is 0 Å². The van der Waals surface area contributed by atoms with Crippen molar-refractivity contribution in [2.45, 2.75) is 30.2 Å². The van der Waals surface area contributed by atoms with Gasteiger partial charge in [0.25, 0.3) is 0 Å². The molecule has 100 valence electrons. The minimum absolute atomic E-state index is 0.0171. The number of carbonyl (C=O) groups excluding carboxylic acids is 1. The van der Waals surface area contributed by atoms with Gasteiger partial charge in [-0.2, -0.15) is 0 Å². The van der Waals surface area contributed by atoms with Gasteiger partial charge >= 0.3 is 0 Å². The normalized spacial score (nSPS) is 21.9. The number of nitrogens with one attached hydrogen (secondary N) is 1. The number of nitrogens with zero attached hydrogens (tertiary/aromatic N) is 3. The first-order valence-corrected chi connectivity index (χ1v) is 8.27. The van der Waals surface area contributed by atoms with Crippen LogP contribution in [-0.2, 0) is 14.6 Å². The summed E-state index contributed by atoms with van der Waals surface area (Å²) in [6, 6.07) is 0. The molecule has 2 rings (SSSR count). The quantitative estimate of drug-likeness (QED) is 0.841. The second-order valence-corrected chi connectivity index (χ2v) is 7.51. The van der Waals surface area contributed by atoms with Crippen molar-refractivity contribution in [3.05, 3.63) is 6.33 Å². The van der Waals surface area contributed by atoms with Gasteiger partial charge in [-0.3, -0.25) is 10.2 Å². The number of hydrogen-bond donors (Lipinski definition) is 1. The largest absolute Gasteiger partial charge is 0.273 e. The van der Waals surface area contributed by atoms with Crippen LogP contribution in [0.4, 0.5) is 0 Å². The summed E-state index contributed by atoms with van der Waals surface area (Å²) in [5.41, 5.74) is 2.62. The van der Waals surface area contributed by atoms with Crippen LogP contribution in [0.15, 0.2) is 11.5 Å². The molecule has 1 aliphatic rings. The van der Waals surface area contributed by atoms with Crippen molar-refractivity contribution in [2.24, 2.45) is 0 Å². The molecule has 7 nitrogen and oxygen atoms in total. The number of sulfone groups is 1. The van der Waals surface area contributed by atoms with Crippen LogP contribution >= 0.6 is 11.8 Å². The molecular formula is C9H14N4O3S2. The fourth-order valence-electron chi connectivity index (χ4n) is 1.60. The van der Waals surface area contributed by atoms with Gasteiger partial charge in [-0.15, -0.1) is 10.2 Å². The van der Waals surface area contributed by atoms with Crippen LogP contribution in [0.1, 0.15) is 19.8 Å². The molecule has 0 radical (unpaired) electrons. The Morgan fingerprint density at radius 3 is 3.06 bits per heavy atom. The van der Waals surface area contributed by atoms with Crippen molar-refractivity contribution in [3.8, 4) is 0 Å². The van der Waals surface area contributed by atoms with E-state index in [0.717, 1.165) is 0 Å². The zero-order valence-electron chi connectivity index (χ0n) is 9.87. The Bertz CT molecular complexity index is 540. The lowest BCUT2D eigenvalue weighted by molar-refractivity contribution is -0.116. The van der Waals surface area contributed by atoms with Crippen LogP contribution < -0.4 is 5.43 Å². The lowest BCUT2D eigenvalue weighted by atomic mass is 10.4. The van der Waals surface area contributed by atoms with E-state index >= 15 is 0 Å². The molecule has 1 aromatic rings. The van der Waals surface area contributed by atoms with Gasteiger partial charge in [-0.05, 0) is 6.42 Å². The molecule has 0 saturated carbocycles. The maximum Gasteiger partial charge on any atom is 0.238 e. The number of hydrogen-bond acceptors (Lipinski definition) is 6. The van der Waals surface area contributed by atoms with Crippen LogP contribution in [0.5, 0.6) is 0 Å². The van der Waals surface area contributed by atoms with Crippen LogP contribution in [-0.4, -0.2) is 46.0 Å². The van der Waals surface area contributed by atoms with Gasteiger partial charge < -0.3 is 0 Å². The average molecular weight is 290 g/mol. The minimum atomic E-state index is -2.90. The standard InChI is InChI=1S/C9H14N4O3S2/c1-2-8(14)12-13-6-10-11-9(13)17-7-3-4-18(15,16)5-7/h6-7H,2-5H2,1H3,(H,12,14). The first kappa shape index (κ1) is 13.3. The van der Waals surface area contributed by atoms with Crippen molar-refractivity contribution < 1.29 is 13.2 Å². The number of amides is 1. The summed E-state index contributed by atoms with van der Waals surface area (Å²) < 4.78 is 24.1. The molecule has 1 N–H and O–H groups in total. The van der Waals surface area contributed by atoms with Gasteiger partial charge in [0, 0.05) is 11.7 Å². The topological polar surface area (TPSA) is 93.9 Å². The van der Waals surface area contributed by atoms with Gasteiger partial charge in [0.15, 0.2) is 9.84 Å². The maximum absolute atomic E-state index is 11.4. The maximum atomic E-state index is 11.4. The third-order valence-corrected chi connectivity index (χ3v) is 5.75. The summed E-state index contributed by atoms with van der Waals surface area (Å²) >= 11 is 1.33. The highest BCUT2D eigenvalue weighted by molar-refractivity contribution is 8.01. The molecule has 1 fully saturated rings. The van der Waals surface area contributed by atoms with E-state index in [4.69, 9.17) is 0 Å². The number of carbonyl (C=O) groups is 1. The highest BCUT2D eigenvalue weighted by Crippen LogP contribution is 2.29. The predicted octanol–water partition coefficient (Wildman–Crippen LogP) is 0.0374. The highest BCUT2D eigenvalue weighted by atomic mass is 32.2. The molecule has 1 aliphatic heterocycles. The zero-order chi connectivity index (χ0) is 13.2. The van der Waals surface area contributed by atoms with E-state index in [1.54, 1.807) is 6.92 Å². The van der Waals surface area contributed by atoms with E-state index in [0.29, 0.717) is 18.0 Å². The SMILES string of the molecule is CCC(=O)Nn1cnnc1SC1CCS(=O)(=O)C1. The minimum Gasteiger partial charge on any atom is -0.273 e. The molecule has 1 aromatic heterocycles. The summed E-state index contributed by atoms with van der Waals surface area (Å²) in [6.07, 6.45) is 2.38. The van der Waals surface area contributed by atoms with Gasteiger partial charge in [0.2, 0.25) is 11.1 Å². The van der Waals surface area contributed by atoms with Crippen molar-refractivity contribution in [1.82, 2.24) is 14.9 Å². The van der Waals surface area contributed by atoms with E-state index in [2.05, 4.69) is 15.6 Å². The molecule has 0 spiro atoms. The van der Waals surface area contributed by atoms with Crippen LogP contribution in [0.2, 0.25) is 0 Å². The molecule has 2 heterocycles. The van der Waals surface area contributed by atoms with Crippen molar-refractivity contribution in [1.29, 1.82) is 0 Å². The summed E-state index contributed by atoms with van der Waals surface area (Å²) in [5, 5.41) is 8.09. The Morgan fingerprint density at radius 1 is 1.67 bits per heavy atom. The van der Waals surface area contributed by atoms with E-state index in [1.807, 2.05) is 0 Å². The first-order chi connectivity index (χ1) is 8.50. The third kappa shape index (κ3) is 3.22. The smallest absolute Gasteiger partial charge is 0.238 e. The number of aromatic nitrogens is 3. The fraction of sp³-hybridized carbons (Fsp3) is 0.667. The Balaban J connectivity index is 2.02. The Kier molecular flexibility index (Phi) is 3.91. The van der Waals surface area contributed by atoms with Crippen LogP contribution in [0.25, 0.3) is 0 Å². The molecule has 18 heavy (non-hydrogen) atoms. The second-order valence-electron chi connectivity index (χ2n) is 4.01. The molecule has 0 aliphatic carbocycles. The summed E-state index contributed by atoms with van der Waals surface area (Å²) in [6.45, 7) is 1.75. The lowest BCUT2D eigenvalue weighted by Crippen LogP contribution is -2.22. The van der Waals surface area contributed by atoms with E-state index in [-0.39, 0.29) is 22.7 Å². The molecule has 1 amide bonds. The van der Waals surface area contributed by atoms with E-state index < -0.39 is 9.84 Å². The van der Waals surface area contributed by atoms with Crippen LogP contribution in [0, 0.1) is 0 Å². The molecule has 1 atom stereocenters. The Labute approximate surface area is 109 Å². The first-order valence-electron chi connectivity index (χ1n) is 5.57. The molecule has 0 bridgehead atoms. The summed E-state index contributed by atoms with van der Waals surface area (Å²) in [7, 11) is -2.90. The van der Waals surface area contributed by atoms with Crippen molar-refractivity contribution in [2.75, 3.05) is 16.9 Å². The van der Waals surface area contributed by atoms with Gasteiger partial charge in [0.1, 0.15) is 6.33 Å². The van der Waals surface area contributed by atoms with Crippen molar-refractivity contribution in [3.63, 3.8) is 0 Å². The number of rotatable bonds is 4. The molecule has 1 saturated heterocycles. The highest BCUT2D eigenvalue weighted by Gasteiger charge is 2.29. The monoisotopic (exact) mass is 290 g/mol. The molecule has 0 aromatic carbocycles. The average Bonchev–Trinajstić information content (AvgIpc) is 2.86. The summed E-state index contributed by atoms with van der Waals surface area (Å²) in [4.78, 5) is 11.3. The summed E-state index contributed by atoms with van der Waals surface area (Å²) in [5.74, 6) is 0.238. The molecular weight excluding hydrogens is 276 g/mol. The van der Waals surface area contributed by atoms with E-state index in [1.165, 1.54) is 22.8 Å². The van der Waals surface area contributed by atoms with Gasteiger partial charge in [-0.25, -0.2) is 13.1 Å². The number of thioether (sulfide) groups is 1. The molecule has 9 heteroatoms. The van der Waals surface area contributed by atoms with Gasteiger partial charge in [0.05, 0.1) is 11.5 Å². The fourth-order valence-corrected chi connectivity index (χ4v) is 5.02.